The molecule has 0 amide bonds. The Hall–Kier alpha value is -1.03. The fraction of sp³-hybridized carbons (Fsp3) is 0.533. The van der Waals surface area contributed by atoms with Gasteiger partial charge < -0.3 is 0 Å². The maximum atomic E-state index is 12.4. The molecule has 0 radical (unpaired) electrons. The van der Waals surface area contributed by atoms with E-state index in [2.05, 4.69) is 17.0 Å². The van der Waals surface area contributed by atoms with Crippen molar-refractivity contribution in [2.45, 2.75) is 48.8 Å². The first kappa shape index (κ1) is 16.3. The van der Waals surface area contributed by atoms with Crippen molar-refractivity contribution in [2.75, 3.05) is 6.26 Å². The largest absolute Gasteiger partial charge is 0.240 e. The first-order valence-electron chi connectivity index (χ1n) is 7.02. The Kier molecular flexibility index (Phi) is 5.31. The molecule has 0 aromatic heterocycles. The molecule has 0 saturated heterocycles. The molecule has 1 saturated carbocycles. The zero-order valence-electron chi connectivity index (χ0n) is 12.3. The lowest BCUT2D eigenvalue weighted by atomic mass is 9.96. The van der Waals surface area contributed by atoms with E-state index < -0.39 is 10.0 Å². The predicted molar refractivity (Wildman–Crippen MR) is 85.8 cm³/mol. The fourth-order valence-corrected chi connectivity index (χ4v) is 4.88. The van der Waals surface area contributed by atoms with E-state index in [9.17, 15) is 8.42 Å². The average molecular weight is 324 g/mol. The number of nitriles is 1. The van der Waals surface area contributed by atoms with Crippen molar-refractivity contribution in [1.29, 1.82) is 5.26 Å². The molecule has 1 aliphatic rings. The van der Waals surface area contributed by atoms with Crippen LogP contribution < -0.4 is 4.72 Å². The first-order chi connectivity index (χ1) is 9.96. The molecule has 1 aliphatic carbocycles. The quantitative estimate of drug-likeness (QED) is 0.924. The summed E-state index contributed by atoms with van der Waals surface area (Å²) in [5, 5.41) is 9.45. The van der Waals surface area contributed by atoms with Gasteiger partial charge >= 0.3 is 0 Å². The Morgan fingerprint density at radius 2 is 2.14 bits per heavy atom. The number of thioether (sulfide) groups is 1. The molecule has 0 bridgehead atoms. The van der Waals surface area contributed by atoms with Gasteiger partial charge in [0.05, 0.1) is 16.5 Å². The third-order valence-electron chi connectivity index (χ3n) is 3.91. The van der Waals surface area contributed by atoms with E-state index in [4.69, 9.17) is 5.26 Å². The second-order valence-corrected chi connectivity index (χ2v) is 8.28. The van der Waals surface area contributed by atoms with Gasteiger partial charge in [0.1, 0.15) is 0 Å². The van der Waals surface area contributed by atoms with Gasteiger partial charge in [0.2, 0.25) is 10.0 Å². The minimum atomic E-state index is -3.51. The second-order valence-electron chi connectivity index (χ2n) is 5.43. The summed E-state index contributed by atoms with van der Waals surface area (Å²) in [5.41, 5.74) is 1.19. The van der Waals surface area contributed by atoms with Crippen LogP contribution in [-0.2, 0) is 10.0 Å². The van der Waals surface area contributed by atoms with Crippen LogP contribution in [0.5, 0.6) is 0 Å². The standard InChI is InChI=1S/C15H20N2O2S2/c1-11-8-15(7-6-12(11)10-16)21(18,19)17-13-4-3-5-14(9-13)20-2/h6-8,13-14,17H,3-5,9H2,1-2H3. The molecule has 21 heavy (non-hydrogen) atoms. The Bertz CT molecular complexity index is 650. The molecular weight excluding hydrogens is 304 g/mol. The number of sulfonamides is 1. The van der Waals surface area contributed by atoms with Crippen molar-refractivity contribution in [3.63, 3.8) is 0 Å². The van der Waals surface area contributed by atoms with Crippen molar-refractivity contribution in [3.8, 4) is 6.07 Å². The van der Waals surface area contributed by atoms with Crippen molar-refractivity contribution >= 4 is 21.8 Å². The van der Waals surface area contributed by atoms with Gasteiger partial charge in [0.15, 0.2) is 0 Å². The van der Waals surface area contributed by atoms with Crippen LogP contribution in [0.4, 0.5) is 0 Å². The highest BCUT2D eigenvalue weighted by Gasteiger charge is 2.26. The van der Waals surface area contributed by atoms with E-state index in [-0.39, 0.29) is 10.9 Å². The molecule has 1 N–H and O–H groups in total. The fourth-order valence-electron chi connectivity index (χ4n) is 2.68. The Morgan fingerprint density at radius 3 is 2.76 bits per heavy atom. The van der Waals surface area contributed by atoms with Gasteiger partial charge in [0.25, 0.3) is 0 Å². The van der Waals surface area contributed by atoms with Gasteiger partial charge in [-0.25, -0.2) is 13.1 Å². The van der Waals surface area contributed by atoms with Crippen LogP contribution in [0.2, 0.25) is 0 Å². The predicted octanol–water partition coefficient (Wildman–Crippen LogP) is 2.82. The second kappa shape index (κ2) is 6.82. The number of hydrogen-bond donors (Lipinski definition) is 1. The lowest BCUT2D eigenvalue weighted by Gasteiger charge is -2.28. The molecule has 0 spiro atoms. The van der Waals surface area contributed by atoms with Gasteiger partial charge in [-0.15, -0.1) is 0 Å². The number of rotatable bonds is 4. The summed E-state index contributed by atoms with van der Waals surface area (Å²) >= 11 is 1.81. The van der Waals surface area contributed by atoms with Gasteiger partial charge in [-0.2, -0.15) is 17.0 Å². The van der Waals surface area contributed by atoms with Gasteiger partial charge in [-0.1, -0.05) is 6.42 Å². The van der Waals surface area contributed by atoms with E-state index in [0.29, 0.717) is 16.4 Å². The van der Waals surface area contributed by atoms with Crippen molar-refractivity contribution in [3.05, 3.63) is 29.3 Å². The van der Waals surface area contributed by atoms with Gasteiger partial charge in [-0.05, 0) is 56.2 Å². The highest BCUT2D eigenvalue weighted by atomic mass is 32.2. The Morgan fingerprint density at radius 1 is 1.38 bits per heavy atom. The number of benzene rings is 1. The van der Waals surface area contributed by atoms with Crippen LogP contribution in [0, 0.1) is 18.3 Å². The van der Waals surface area contributed by atoms with Crippen LogP contribution >= 0.6 is 11.8 Å². The van der Waals surface area contributed by atoms with Crippen LogP contribution in [0.1, 0.15) is 36.8 Å². The van der Waals surface area contributed by atoms with Crippen molar-refractivity contribution < 1.29 is 8.42 Å². The normalized spacial score (nSPS) is 22.7. The molecule has 4 nitrogen and oxygen atoms in total. The maximum Gasteiger partial charge on any atom is 0.240 e. The first-order valence-corrected chi connectivity index (χ1v) is 9.79. The molecule has 6 heteroatoms. The molecular formula is C15H20N2O2S2. The molecule has 2 unspecified atom stereocenters. The zero-order valence-corrected chi connectivity index (χ0v) is 13.9. The summed E-state index contributed by atoms with van der Waals surface area (Å²) in [4.78, 5) is 0.241. The molecule has 2 atom stereocenters. The van der Waals surface area contributed by atoms with E-state index in [1.165, 1.54) is 6.07 Å². The summed E-state index contributed by atoms with van der Waals surface area (Å²) < 4.78 is 27.7. The summed E-state index contributed by atoms with van der Waals surface area (Å²) in [5.74, 6) is 0. The number of aryl methyl sites for hydroxylation is 1. The molecule has 1 fully saturated rings. The topological polar surface area (TPSA) is 70.0 Å². The summed E-state index contributed by atoms with van der Waals surface area (Å²) in [6, 6.07) is 6.69. The third-order valence-corrected chi connectivity index (χ3v) is 6.52. The van der Waals surface area contributed by atoms with Crippen molar-refractivity contribution in [1.82, 2.24) is 4.72 Å². The molecule has 1 aromatic rings. The molecule has 0 heterocycles. The summed E-state index contributed by atoms with van der Waals surface area (Å²) in [7, 11) is -3.51. The van der Waals surface area contributed by atoms with Gasteiger partial charge in [-0.3, -0.25) is 0 Å². The maximum absolute atomic E-state index is 12.4. The Balaban J connectivity index is 2.15. The lowest BCUT2D eigenvalue weighted by molar-refractivity contribution is 0.421. The molecule has 1 aromatic carbocycles. The number of nitrogens with one attached hydrogen (secondary N) is 1. The van der Waals surface area contributed by atoms with Gasteiger partial charge in [0, 0.05) is 11.3 Å². The van der Waals surface area contributed by atoms with Crippen LogP contribution in [0.15, 0.2) is 23.1 Å². The SMILES string of the molecule is CSC1CCCC(NS(=O)(=O)c2ccc(C#N)c(C)c2)C1. The number of hydrogen-bond acceptors (Lipinski definition) is 4. The van der Waals surface area contributed by atoms with Crippen molar-refractivity contribution in [2.24, 2.45) is 0 Å². The zero-order chi connectivity index (χ0) is 15.5. The minimum Gasteiger partial charge on any atom is -0.208 e. The Labute approximate surface area is 131 Å². The average Bonchev–Trinajstić information content (AvgIpc) is 2.47. The summed E-state index contributed by atoms with van der Waals surface area (Å²) in [6.45, 7) is 1.75. The van der Waals surface area contributed by atoms with E-state index >= 15 is 0 Å². The van der Waals surface area contributed by atoms with Crippen LogP contribution in [0.3, 0.4) is 0 Å². The molecule has 2 rings (SSSR count). The van der Waals surface area contributed by atoms with E-state index in [1.807, 2.05) is 11.8 Å². The summed E-state index contributed by atoms with van der Waals surface area (Å²) in [6.07, 6.45) is 6.08. The third kappa shape index (κ3) is 4.00. The van der Waals surface area contributed by atoms with E-state index in [0.717, 1.165) is 25.7 Å². The monoisotopic (exact) mass is 324 g/mol. The number of nitrogens with zero attached hydrogens (tertiary/aromatic N) is 1. The molecule has 0 aliphatic heterocycles. The smallest absolute Gasteiger partial charge is 0.208 e. The minimum absolute atomic E-state index is 0.0112. The van der Waals surface area contributed by atoms with E-state index in [1.54, 1.807) is 19.1 Å². The van der Waals surface area contributed by atoms with Crippen LogP contribution in [0.25, 0.3) is 0 Å². The van der Waals surface area contributed by atoms with Crippen LogP contribution in [-0.4, -0.2) is 26.0 Å². The lowest BCUT2D eigenvalue weighted by Crippen LogP contribution is -2.39. The highest BCUT2D eigenvalue weighted by molar-refractivity contribution is 7.99. The highest BCUT2D eigenvalue weighted by Crippen LogP contribution is 2.28. The molecule has 114 valence electrons.